The third-order valence-electron chi connectivity index (χ3n) is 5.32. The summed E-state index contributed by atoms with van der Waals surface area (Å²) in [5, 5.41) is 15.1. The second-order valence-electron chi connectivity index (χ2n) is 7.31. The normalized spacial score (nSPS) is 11.2. The molecule has 158 valence electrons. The molecule has 0 saturated carbocycles. The number of fused-ring (bicyclic) bond motifs is 1. The molecule has 3 aromatic carbocycles. The van der Waals surface area contributed by atoms with Gasteiger partial charge < -0.3 is 15.0 Å². The van der Waals surface area contributed by atoms with E-state index in [0.717, 1.165) is 22.0 Å². The fraction of sp³-hybridized carbons (Fsp3) is 0.160. The van der Waals surface area contributed by atoms with Gasteiger partial charge in [0.1, 0.15) is 5.69 Å². The number of aromatic carboxylic acids is 1. The zero-order valence-electron chi connectivity index (χ0n) is 17.1. The first-order chi connectivity index (χ1) is 15.1. The molecule has 4 nitrogen and oxygen atoms in total. The molecule has 0 spiro atoms. The third kappa shape index (κ3) is 4.79. The molecule has 0 aliphatic heterocycles. The van der Waals surface area contributed by atoms with Crippen LogP contribution in [0, 0.1) is 0 Å². The summed E-state index contributed by atoms with van der Waals surface area (Å²) in [6.07, 6.45) is 2.06. The Balaban J connectivity index is 1.64. The summed E-state index contributed by atoms with van der Waals surface area (Å²) in [4.78, 5) is 13.5. The van der Waals surface area contributed by atoms with Crippen molar-refractivity contribution in [2.45, 2.75) is 24.5 Å². The number of rotatable bonds is 8. The van der Waals surface area contributed by atoms with Gasteiger partial charge in [-0.05, 0) is 47.7 Å². The molecule has 6 heteroatoms. The smallest absolute Gasteiger partial charge is 0.352 e. The molecule has 0 saturated heterocycles. The van der Waals surface area contributed by atoms with Gasteiger partial charge in [0.15, 0.2) is 0 Å². The molecule has 0 unspecified atom stereocenters. The lowest BCUT2D eigenvalue weighted by Gasteiger charge is -2.10. The Morgan fingerprint density at radius 2 is 1.65 bits per heavy atom. The first-order valence-electron chi connectivity index (χ1n) is 9.98. The first-order valence-corrected chi connectivity index (χ1v) is 11.6. The van der Waals surface area contributed by atoms with Crippen molar-refractivity contribution in [2.24, 2.45) is 0 Å². The van der Waals surface area contributed by atoms with Gasteiger partial charge in [-0.25, -0.2) is 4.79 Å². The van der Waals surface area contributed by atoms with Crippen molar-refractivity contribution < 1.29 is 9.90 Å². The van der Waals surface area contributed by atoms with Crippen LogP contribution >= 0.6 is 23.4 Å². The molecule has 1 aromatic heterocycles. The van der Waals surface area contributed by atoms with Crippen LogP contribution in [0.4, 0.5) is 0 Å². The number of aromatic nitrogens is 1. The van der Waals surface area contributed by atoms with Crippen molar-refractivity contribution in [1.82, 2.24) is 9.88 Å². The highest BCUT2D eigenvalue weighted by Gasteiger charge is 2.22. The molecule has 4 rings (SSSR count). The molecular formula is C25H23ClN2O2S. The highest BCUT2D eigenvalue weighted by Crippen LogP contribution is 2.28. The van der Waals surface area contributed by atoms with E-state index < -0.39 is 5.97 Å². The summed E-state index contributed by atoms with van der Waals surface area (Å²) in [6.45, 7) is 1.61. The van der Waals surface area contributed by atoms with E-state index in [1.54, 1.807) is 11.8 Å². The van der Waals surface area contributed by atoms with E-state index in [-0.39, 0.29) is 0 Å². The van der Waals surface area contributed by atoms with Gasteiger partial charge >= 0.3 is 5.97 Å². The second kappa shape index (κ2) is 9.60. The summed E-state index contributed by atoms with van der Waals surface area (Å²) in [6, 6.07) is 23.8. The lowest BCUT2D eigenvalue weighted by Crippen LogP contribution is -2.17. The summed E-state index contributed by atoms with van der Waals surface area (Å²) < 4.78 is 1.88. The van der Waals surface area contributed by atoms with Crippen molar-refractivity contribution in [3.8, 4) is 0 Å². The molecule has 31 heavy (non-hydrogen) atoms. The molecule has 0 amide bonds. The fourth-order valence-electron chi connectivity index (χ4n) is 3.81. The number of hydrogen-bond acceptors (Lipinski definition) is 3. The number of carboxylic acid groups (broad SMARTS) is 1. The highest BCUT2D eigenvalue weighted by atomic mass is 35.5. The number of thioether (sulfide) groups is 1. The van der Waals surface area contributed by atoms with E-state index in [9.17, 15) is 9.90 Å². The molecule has 0 fully saturated rings. The van der Waals surface area contributed by atoms with Crippen LogP contribution in [0.15, 0.2) is 77.7 Å². The van der Waals surface area contributed by atoms with Gasteiger partial charge in [-0.15, -0.1) is 11.8 Å². The Morgan fingerprint density at radius 1 is 0.968 bits per heavy atom. The maximum absolute atomic E-state index is 12.3. The molecular weight excluding hydrogens is 428 g/mol. The van der Waals surface area contributed by atoms with Crippen LogP contribution < -0.4 is 5.32 Å². The summed E-state index contributed by atoms with van der Waals surface area (Å²) >= 11 is 7.72. The molecule has 0 aliphatic carbocycles. The number of nitrogens with zero attached hydrogens (tertiary/aromatic N) is 1. The lowest BCUT2D eigenvalue weighted by molar-refractivity contribution is 0.0685. The van der Waals surface area contributed by atoms with Crippen LogP contribution in [0.25, 0.3) is 10.9 Å². The van der Waals surface area contributed by atoms with Crippen LogP contribution in [-0.4, -0.2) is 21.9 Å². The molecule has 4 aromatic rings. The van der Waals surface area contributed by atoms with E-state index in [1.807, 2.05) is 53.1 Å². The van der Waals surface area contributed by atoms with Crippen molar-refractivity contribution in [3.63, 3.8) is 0 Å². The first kappa shape index (κ1) is 21.5. The van der Waals surface area contributed by atoms with Gasteiger partial charge in [-0.1, -0.05) is 54.1 Å². The van der Waals surface area contributed by atoms with Crippen LogP contribution in [0.3, 0.4) is 0 Å². The number of carboxylic acids is 1. The van der Waals surface area contributed by atoms with Crippen LogP contribution in [0.2, 0.25) is 5.02 Å². The lowest BCUT2D eigenvalue weighted by atomic mass is 10.1. The van der Waals surface area contributed by atoms with Crippen molar-refractivity contribution >= 4 is 40.2 Å². The van der Waals surface area contributed by atoms with Crippen molar-refractivity contribution in [2.75, 3.05) is 6.26 Å². The molecule has 0 atom stereocenters. The standard InChI is InChI=1S/C25H23ClN2O2S/c1-31-20-12-8-17(9-13-20)14-27-15-22-21-4-2-3-5-23(21)28(24(22)25(29)30)16-18-6-10-19(26)11-7-18/h2-13,27H,14-16H2,1H3,(H,29,30). The average molecular weight is 451 g/mol. The molecule has 0 bridgehead atoms. The topological polar surface area (TPSA) is 54.3 Å². The summed E-state index contributed by atoms with van der Waals surface area (Å²) in [5.74, 6) is -0.925. The highest BCUT2D eigenvalue weighted by molar-refractivity contribution is 7.98. The number of carbonyl (C=O) groups is 1. The van der Waals surface area contributed by atoms with Crippen LogP contribution in [0.5, 0.6) is 0 Å². The largest absolute Gasteiger partial charge is 0.477 e. The Kier molecular flexibility index (Phi) is 6.66. The molecule has 0 aliphatic rings. The number of nitrogens with one attached hydrogen (secondary N) is 1. The van der Waals surface area contributed by atoms with Gasteiger partial charge in [0.25, 0.3) is 0 Å². The van der Waals surface area contributed by atoms with E-state index in [2.05, 4.69) is 35.8 Å². The summed E-state index contributed by atoms with van der Waals surface area (Å²) in [5.41, 5.74) is 4.20. The van der Waals surface area contributed by atoms with Crippen molar-refractivity contribution in [1.29, 1.82) is 0 Å². The molecule has 2 N–H and O–H groups in total. The number of para-hydroxylation sites is 1. The van der Waals surface area contributed by atoms with E-state index in [1.165, 1.54) is 10.5 Å². The summed E-state index contributed by atoms with van der Waals surface area (Å²) in [7, 11) is 0. The fourth-order valence-corrected chi connectivity index (χ4v) is 4.34. The Bertz CT molecular complexity index is 1200. The monoisotopic (exact) mass is 450 g/mol. The molecule has 0 radical (unpaired) electrons. The Hall–Kier alpha value is -2.73. The average Bonchev–Trinajstić information content (AvgIpc) is 3.09. The quantitative estimate of drug-likeness (QED) is 0.321. The van der Waals surface area contributed by atoms with Gasteiger partial charge in [-0.3, -0.25) is 0 Å². The van der Waals surface area contributed by atoms with Crippen LogP contribution in [-0.2, 0) is 19.6 Å². The Labute approximate surface area is 190 Å². The zero-order valence-corrected chi connectivity index (χ0v) is 18.7. The minimum atomic E-state index is -0.925. The van der Waals surface area contributed by atoms with Gasteiger partial charge in [0.2, 0.25) is 0 Å². The van der Waals surface area contributed by atoms with E-state index in [0.29, 0.717) is 30.4 Å². The molecule has 1 heterocycles. The van der Waals surface area contributed by atoms with Gasteiger partial charge in [-0.2, -0.15) is 0 Å². The maximum Gasteiger partial charge on any atom is 0.352 e. The number of benzene rings is 3. The van der Waals surface area contributed by atoms with Crippen molar-refractivity contribution in [3.05, 3.63) is 100 Å². The predicted octanol–water partition coefficient (Wildman–Crippen LogP) is 6.05. The second-order valence-corrected chi connectivity index (χ2v) is 8.63. The third-order valence-corrected chi connectivity index (χ3v) is 6.32. The van der Waals surface area contributed by atoms with Crippen LogP contribution in [0.1, 0.15) is 27.2 Å². The maximum atomic E-state index is 12.3. The number of hydrogen-bond donors (Lipinski definition) is 2. The van der Waals surface area contributed by atoms with E-state index in [4.69, 9.17) is 11.6 Å². The van der Waals surface area contributed by atoms with Gasteiger partial charge in [0.05, 0.1) is 0 Å². The van der Waals surface area contributed by atoms with E-state index >= 15 is 0 Å². The zero-order chi connectivity index (χ0) is 21.8. The SMILES string of the molecule is CSc1ccc(CNCc2c(C(=O)O)n(Cc3ccc(Cl)cc3)c3ccccc23)cc1. The predicted molar refractivity (Wildman–Crippen MR) is 128 cm³/mol. The number of halogens is 1. The minimum Gasteiger partial charge on any atom is -0.477 e. The van der Waals surface area contributed by atoms with Gasteiger partial charge in [0, 0.05) is 46.0 Å². The Morgan fingerprint density at radius 3 is 2.32 bits per heavy atom. The minimum absolute atomic E-state index is 0.321.